The molecule has 0 aliphatic heterocycles. The summed E-state index contributed by atoms with van der Waals surface area (Å²) in [5.74, 6) is 0. The highest BCUT2D eigenvalue weighted by Gasteiger charge is 2.09. The first-order valence-electron chi connectivity index (χ1n) is 4.17. The SMILES string of the molecule is C=C(c1ccccc1)[C@@H](O)COC. The van der Waals surface area contributed by atoms with Crippen LogP contribution in [0.2, 0.25) is 0 Å². The van der Waals surface area contributed by atoms with Crippen LogP contribution in [-0.4, -0.2) is 24.9 Å². The van der Waals surface area contributed by atoms with Crippen molar-refractivity contribution in [2.45, 2.75) is 6.10 Å². The average Bonchev–Trinajstić information content (AvgIpc) is 2.18. The molecule has 2 heteroatoms. The Hall–Kier alpha value is -1.12. The van der Waals surface area contributed by atoms with Crippen LogP contribution in [0.25, 0.3) is 5.57 Å². The molecule has 0 radical (unpaired) electrons. The zero-order chi connectivity index (χ0) is 9.68. The second-order valence-corrected chi connectivity index (χ2v) is 2.86. The smallest absolute Gasteiger partial charge is 0.102 e. The molecule has 0 aliphatic carbocycles. The lowest BCUT2D eigenvalue weighted by molar-refractivity contribution is 0.0990. The Morgan fingerprint density at radius 2 is 2.08 bits per heavy atom. The van der Waals surface area contributed by atoms with E-state index in [2.05, 4.69) is 6.58 Å². The van der Waals surface area contributed by atoms with Gasteiger partial charge in [0.2, 0.25) is 0 Å². The van der Waals surface area contributed by atoms with Crippen molar-refractivity contribution in [2.75, 3.05) is 13.7 Å². The molecule has 70 valence electrons. The van der Waals surface area contributed by atoms with Crippen molar-refractivity contribution >= 4 is 5.57 Å². The number of rotatable bonds is 4. The van der Waals surface area contributed by atoms with Gasteiger partial charge < -0.3 is 9.84 Å². The number of benzene rings is 1. The molecule has 0 bridgehead atoms. The molecule has 0 unspecified atom stereocenters. The molecule has 0 amide bonds. The Balaban J connectivity index is 2.68. The summed E-state index contributed by atoms with van der Waals surface area (Å²) in [6, 6.07) is 9.60. The van der Waals surface area contributed by atoms with E-state index in [9.17, 15) is 5.11 Å². The van der Waals surface area contributed by atoms with Gasteiger partial charge in [0.05, 0.1) is 6.61 Å². The fourth-order valence-corrected chi connectivity index (χ4v) is 1.10. The third-order valence-electron chi connectivity index (χ3n) is 1.87. The van der Waals surface area contributed by atoms with Gasteiger partial charge in [-0.25, -0.2) is 0 Å². The lowest BCUT2D eigenvalue weighted by atomic mass is 10.0. The number of hydrogen-bond donors (Lipinski definition) is 1. The number of aliphatic hydroxyl groups excluding tert-OH is 1. The van der Waals surface area contributed by atoms with Crippen LogP contribution in [0.3, 0.4) is 0 Å². The first-order chi connectivity index (χ1) is 6.25. The fraction of sp³-hybridized carbons (Fsp3) is 0.273. The van der Waals surface area contributed by atoms with Crippen molar-refractivity contribution in [2.24, 2.45) is 0 Å². The lowest BCUT2D eigenvalue weighted by Crippen LogP contribution is -2.15. The van der Waals surface area contributed by atoms with Crippen LogP contribution in [0.1, 0.15) is 5.56 Å². The zero-order valence-corrected chi connectivity index (χ0v) is 7.73. The van der Waals surface area contributed by atoms with Gasteiger partial charge in [0.1, 0.15) is 6.10 Å². The predicted octanol–water partition coefficient (Wildman–Crippen LogP) is 1.71. The van der Waals surface area contributed by atoms with Gasteiger partial charge in [-0.15, -0.1) is 0 Å². The Morgan fingerprint density at radius 3 is 2.62 bits per heavy atom. The van der Waals surface area contributed by atoms with Crippen molar-refractivity contribution in [1.82, 2.24) is 0 Å². The van der Waals surface area contributed by atoms with Gasteiger partial charge in [-0.1, -0.05) is 36.9 Å². The highest BCUT2D eigenvalue weighted by atomic mass is 16.5. The van der Waals surface area contributed by atoms with Crippen LogP contribution in [0.4, 0.5) is 0 Å². The van der Waals surface area contributed by atoms with Crippen molar-refractivity contribution in [1.29, 1.82) is 0 Å². The Morgan fingerprint density at radius 1 is 1.46 bits per heavy atom. The normalized spacial score (nSPS) is 12.5. The van der Waals surface area contributed by atoms with E-state index in [4.69, 9.17) is 4.74 Å². The number of ether oxygens (including phenoxy) is 1. The van der Waals surface area contributed by atoms with Crippen LogP contribution in [-0.2, 0) is 4.74 Å². The Kier molecular flexibility index (Phi) is 3.68. The molecule has 13 heavy (non-hydrogen) atoms. The minimum absolute atomic E-state index is 0.285. The zero-order valence-electron chi connectivity index (χ0n) is 7.73. The predicted molar refractivity (Wildman–Crippen MR) is 53.4 cm³/mol. The van der Waals surface area contributed by atoms with Gasteiger partial charge in [-0.05, 0) is 11.1 Å². The topological polar surface area (TPSA) is 29.5 Å². The fourth-order valence-electron chi connectivity index (χ4n) is 1.10. The van der Waals surface area contributed by atoms with Crippen LogP contribution in [0, 0.1) is 0 Å². The first-order valence-corrected chi connectivity index (χ1v) is 4.17. The third-order valence-corrected chi connectivity index (χ3v) is 1.87. The summed E-state index contributed by atoms with van der Waals surface area (Å²) < 4.78 is 4.84. The van der Waals surface area contributed by atoms with Crippen LogP contribution < -0.4 is 0 Å². The lowest BCUT2D eigenvalue weighted by Gasteiger charge is -2.12. The molecule has 0 aliphatic rings. The molecule has 2 nitrogen and oxygen atoms in total. The van der Waals surface area contributed by atoms with Crippen molar-refractivity contribution in [3.63, 3.8) is 0 Å². The molecule has 1 aromatic rings. The Bertz CT molecular complexity index is 267. The van der Waals surface area contributed by atoms with E-state index in [1.54, 1.807) is 7.11 Å². The van der Waals surface area contributed by atoms with Crippen molar-refractivity contribution < 1.29 is 9.84 Å². The van der Waals surface area contributed by atoms with E-state index in [1.165, 1.54) is 0 Å². The highest BCUT2D eigenvalue weighted by molar-refractivity contribution is 5.66. The molecule has 1 rings (SSSR count). The van der Waals surface area contributed by atoms with Gasteiger partial charge in [-0.3, -0.25) is 0 Å². The second kappa shape index (κ2) is 4.80. The van der Waals surface area contributed by atoms with E-state index in [-0.39, 0.29) is 6.61 Å². The summed E-state index contributed by atoms with van der Waals surface area (Å²) in [4.78, 5) is 0. The maximum absolute atomic E-state index is 9.55. The van der Waals surface area contributed by atoms with Gasteiger partial charge in [0.15, 0.2) is 0 Å². The quantitative estimate of drug-likeness (QED) is 0.760. The standard InChI is InChI=1S/C11H14O2/c1-9(11(12)8-13-2)10-6-4-3-5-7-10/h3-7,11-12H,1,8H2,2H3/t11-/m0/s1. The van der Waals surface area contributed by atoms with E-state index in [1.807, 2.05) is 30.3 Å². The third kappa shape index (κ3) is 2.68. The molecule has 0 aromatic heterocycles. The summed E-state index contributed by atoms with van der Waals surface area (Å²) in [6.45, 7) is 4.10. The van der Waals surface area contributed by atoms with E-state index >= 15 is 0 Å². The van der Waals surface area contributed by atoms with E-state index in [0.717, 1.165) is 5.56 Å². The maximum Gasteiger partial charge on any atom is 0.102 e. The second-order valence-electron chi connectivity index (χ2n) is 2.86. The van der Waals surface area contributed by atoms with Crippen molar-refractivity contribution in [3.8, 4) is 0 Å². The van der Waals surface area contributed by atoms with E-state index in [0.29, 0.717) is 5.57 Å². The largest absolute Gasteiger partial charge is 0.386 e. The molecule has 0 spiro atoms. The highest BCUT2D eigenvalue weighted by Crippen LogP contribution is 2.15. The summed E-state index contributed by atoms with van der Waals surface area (Å²) in [7, 11) is 1.56. The van der Waals surface area contributed by atoms with Crippen LogP contribution >= 0.6 is 0 Å². The maximum atomic E-state index is 9.55. The molecular formula is C11H14O2. The van der Waals surface area contributed by atoms with Crippen LogP contribution in [0.15, 0.2) is 36.9 Å². The molecule has 1 atom stereocenters. The van der Waals surface area contributed by atoms with Gasteiger partial charge in [0, 0.05) is 7.11 Å². The molecule has 0 saturated heterocycles. The first kappa shape index (κ1) is 9.96. The monoisotopic (exact) mass is 178 g/mol. The molecule has 0 heterocycles. The molecule has 0 fully saturated rings. The van der Waals surface area contributed by atoms with Crippen LogP contribution in [0.5, 0.6) is 0 Å². The van der Waals surface area contributed by atoms with Gasteiger partial charge >= 0.3 is 0 Å². The molecular weight excluding hydrogens is 164 g/mol. The summed E-state index contributed by atoms with van der Waals surface area (Å²) >= 11 is 0. The van der Waals surface area contributed by atoms with Crippen molar-refractivity contribution in [3.05, 3.63) is 42.5 Å². The summed E-state index contributed by atoms with van der Waals surface area (Å²) in [5.41, 5.74) is 1.65. The molecule has 1 N–H and O–H groups in total. The summed E-state index contributed by atoms with van der Waals surface area (Å²) in [5, 5.41) is 9.55. The van der Waals surface area contributed by atoms with Gasteiger partial charge in [-0.2, -0.15) is 0 Å². The minimum Gasteiger partial charge on any atom is -0.386 e. The number of hydrogen-bond acceptors (Lipinski definition) is 2. The number of aliphatic hydroxyl groups is 1. The van der Waals surface area contributed by atoms with Gasteiger partial charge in [0.25, 0.3) is 0 Å². The summed E-state index contributed by atoms with van der Waals surface area (Å²) in [6.07, 6.45) is -0.618. The number of methoxy groups -OCH3 is 1. The average molecular weight is 178 g/mol. The Labute approximate surface area is 78.5 Å². The molecule has 1 aromatic carbocycles. The molecule has 0 saturated carbocycles. The van der Waals surface area contributed by atoms with E-state index < -0.39 is 6.10 Å². The minimum atomic E-state index is -0.618.